The van der Waals surface area contributed by atoms with E-state index in [1.165, 1.54) is 18.3 Å². The van der Waals surface area contributed by atoms with E-state index in [1.807, 2.05) is 6.92 Å². The standard InChI is InChI=1S/C17H13Cl3FN5/c1-10-14(8-23-24-17-15(19)6-12(18)7-22-17)16(20)26(25-10)9-11-2-4-13(21)5-3-11/h2-8H,9H2,1H3,(H,22,24). The molecule has 0 atom stereocenters. The number of rotatable bonds is 5. The van der Waals surface area contributed by atoms with E-state index >= 15 is 0 Å². The summed E-state index contributed by atoms with van der Waals surface area (Å²) in [6, 6.07) is 7.73. The number of anilines is 1. The summed E-state index contributed by atoms with van der Waals surface area (Å²) in [6.45, 7) is 2.24. The fourth-order valence-corrected chi connectivity index (χ4v) is 2.94. The minimum absolute atomic E-state index is 0.287. The number of hydrogen-bond acceptors (Lipinski definition) is 4. The van der Waals surface area contributed by atoms with Crippen molar-refractivity contribution in [1.82, 2.24) is 14.8 Å². The van der Waals surface area contributed by atoms with Crippen molar-refractivity contribution >= 4 is 46.8 Å². The molecule has 0 aliphatic heterocycles. The summed E-state index contributed by atoms with van der Waals surface area (Å²) in [5, 5.41) is 9.71. The van der Waals surface area contributed by atoms with Crippen molar-refractivity contribution in [3.8, 4) is 0 Å². The first-order valence-corrected chi connectivity index (χ1v) is 8.65. The molecular weight excluding hydrogens is 400 g/mol. The van der Waals surface area contributed by atoms with Crippen LogP contribution in [0.15, 0.2) is 41.6 Å². The lowest BCUT2D eigenvalue weighted by Gasteiger charge is -2.04. The van der Waals surface area contributed by atoms with Crippen LogP contribution in [0.4, 0.5) is 10.2 Å². The molecule has 134 valence electrons. The SMILES string of the molecule is Cc1nn(Cc2ccc(F)cc2)c(Cl)c1C=NNc1ncc(Cl)cc1Cl. The largest absolute Gasteiger partial charge is 0.260 e. The molecule has 2 aromatic heterocycles. The number of nitrogens with one attached hydrogen (secondary N) is 1. The van der Waals surface area contributed by atoms with Gasteiger partial charge in [-0.25, -0.2) is 14.1 Å². The Morgan fingerprint density at radius 3 is 2.65 bits per heavy atom. The van der Waals surface area contributed by atoms with Gasteiger partial charge in [0.25, 0.3) is 0 Å². The molecule has 0 saturated carbocycles. The highest BCUT2D eigenvalue weighted by Gasteiger charge is 2.12. The second-order valence-corrected chi connectivity index (χ2v) is 6.63. The third-order valence-corrected chi connectivity index (χ3v) is 4.42. The number of nitrogens with zero attached hydrogens (tertiary/aromatic N) is 4. The lowest BCUT2D eigenvalue weighted by Crippen LogP contribution is -2.02. The summed E-state index contributed by atoms with van der Waals surface area (Å²) >= 11 is 18.2. The van der Waals surface area contributed by atoms with E-state index < -0.39 is 0 Å². The third kappa shape index (κ3) is 4.33. The molecule has 26 heavy (non-hydrogen) atoms. The van der Waals surface area contributed by atoms with Gasteiger partial charge >= 0.3 is 0 Å². The Labute approximate surface area is 164 Å². The number of halogens is 4. The normalized spacial score (nSPS) is 11.3. The Morgan fingerprint density at radius 1 is 1.23 bits per heavy atom. The Bertz CT molecular complexity index is 954. The van der Waals surface area contributed by atoms with Crippen molar-refractivity contribution < 1.29 is 4.39 Å². The maximum absolute atomic E-state index is 13.0. The molecule has 0 radical (unpaired) electrons. The zero-order valence-corrected chi connectivity index (χ0v) is 15.8. The van der Waals surface area contributed by atoms with Crippen molar-refractivity contribution in [2.24, 2.45) is 5.10 Å². The van der Waals surface area contributed by atoms with Crippen molar-refractivity contribution in [3.63, 3.8) is 0 Å². The third-order valence-electron chi connectivity index (χ3n) is 3.53. The summed E-state index contributed by atoms with van der Waals surface area (Å²) in [7, 11) is 0. The van der Waals surface area contributed by atoms with Crippen LogP contribution in [0.1, 0.15) is 16.8 Å². The average molecular weight is 413 g/mol. The molecule has 3 rings (SSSR count). The highest BCUT2D eigenvalue weighted by molar-refractivity contribution is 6.36. The number of hydrogen-bond donors (Lipinski definition) is 1. The summed E-state index contributed by atoms with van der Waals surface area (Å²) in [5.74, 6) is 0.0876. The second kappa shape index (κ2) is 8.03. The molecule has 0 aliphatic rings. The van der Waals surface area contributed by atoms with Crippen LogP contribution in [-0.2, 0) is 6.54 Å². The van der Waals surface area contributed by atoms with E-state index in [9.17, 15) is 4.39 Å². The van der Waals surface area contributed by atoms with Crippen LogP contribution in [0.3, 0.4) is 0 Å². The first-order valence-electron chi connectivity index (χ1n) is 7.51. The van der Waals surface area contributed by atoms with Gasteiger partial charge in [-0.1, -0.05) is 46.9 Å². The first kappa shape index (κ1) is 18.6. The Kier molecular flexibility index (Phi) is 5.76. The summed E-state index contributed by atoms with van der Waals surface area (Å²) in [6.07, 6.45) is 3.00. The van der Waals surface area contributed by atoms with Gasteiger partial charge in [-0.2, -0.15) is 10.2 Å². The number of aryl methyl sites for hydroxylation is 1. The summed E-state index contributed by atoms with van der Waals surface area (Å²) < 4.78 is 14.6. The lowest BCUT2D eigenvalue weighted by molar-refractivity contribution is 0.624. The van der Waals surface area contributed by atoms with Gasteiger partial charge in [0.05, 0.1) is 34.1 Å². The predicted octanol–water partition coefficient (Wildman–Crippen LogP) is 5.18. The van der Waals surface area contributed by atoms with Crippen LogP contribution in [-0.4, -0.2) is 21.0 Å². The minimum Gasteiger partial charge on any atom is -0.260 e. The zero-order chi connectivity index (χ0) is 18.7. The fourth-order valence-electron chi connectivity index (χ4n) is 2.24. The zero-order valence-electron chi connectivity index (χ0n) is 13.5. The van der Waals surface area contributed by atoms with Gasteiger partial charge in [-0.15, -0.1) is 0 Å². The maximum Gasteiger partial charge on any atom is 0.165 e. The van der Waals surface area contributed by atoms with Gasteiger partial charge in [0.1, 0.15) is 11.0 Å². The van der Waals surface area contributed by atoms with E-state index in [0.717, 1.165) is 5.56 Å². The fraction of sp³-hybridized carbons (Fsp3) is 0.118. The maximum atomic E-state index is 13.0. The van der Waals surface area contributed by atoms with Crippen LogP contribution in [0.5, 0.6) is 0 Å². The van der Waals surface area contributed by atoms with E-state index in [-0.39, 0.29) is 5.82 Å². The van der Waals surface area contributed by atoms with Crippen LogP contribution < -0.4 is 5.43 Å². The molecule has 0 spiro atoms. The number of hydrazone groups is 1. The van der Waals surface area contributed by atoms with Crippen molar-refractivity contribution in [2.45, 2.75) is 13.5 Å². The van der Waals surface area contributed by atoms with E-state index in [0.29, 0.717) is 38.8 Å². The number of pyridine rings is 1. The first-order chi connectivity index (χ1) is 12.4. The van der Waals surface area contributed by atoms with Gasteiger partial charge in [-0.3, -0.25) is 5.43 Å². The van der Waals surface area contributed by atoms with Crippen LogP contribution >= 0.6 is 34.8 Å². The molecule has 0 aliphatic carbocycles. The van der Waals surface area contributed by atoms with Crippen molar-refractivity contribution in [2.75, 3.05) is 5.43 Å². The van der Waals surface area contributed by atoms with Crippen LogP contribution in [0.2, 0.25) is 15.2 Å². The molecule has 0 fully saturated rings. The van der Waals surface area contributed by atoms with E-state index in [2.05, 4.69) is 20.6 Å². The molecule has 1 N–H and O–H groups in total. The molecule has 0 unspecified atom stereocenters. The molecule has 0 bridgehead atoms. The highest BCUT2D eigenvalue weighted by Crippen LogP contribution is 2.23. The molecular formula is C17H13Cl3FN5. The Hall–Kier alpha value is -2.15. The Balaban J connectivity index is 1.76. The van der Waals surface area contributed by atoms with Gasteiger partial charge in [0, 0.05) is 6.20 Å². The molecule has 1 aromatic carbocycles. The molecule has 5 nitrogen and oxygen atoms in total. The van der Waals surface area contributed by atoms with Crippen molar-refractivity contribution in [3.05, 3.63) is 74.4 Å². The topological polar surface area (TPSA) is 55.1 Å². The van der Waals surface area contributed by atoms with E-state index in [1.54, 1.807) is 29.1 Å². The smallest absolute Gasteiger partial charge is 0.165 e. The molecule has 3 aromatic rings. The molecule has 2 heterocycles. The Morgan fingerprint density at radius 2 is 1.96 bits per heavy atom. The van der Waals surface area contributed by atoms with Gasteiger partial charge in [0.15, 0.2) is 5.82 Å². The highest BCUT2D eigenvalue weighted by atomic mass is 35.5. The van der Waals surface area contributed by atoms with E-state index in [4.69, 9.17) is 34.8 Å². The second-order valence-electron chi connectivity index (χ2n) is 5.43. The van der Waals surface area contributed by atoms with Gasteiger partial charge < -0.3 is 0 Å². The quantitative estimate of drug-likeness (QED) is 0.464. The molecule has 0 amide bonds. The van der Waals surface area contributed by atoms with Crippen molar-refractivity contribution in [1.29, 1.82) is 0 Å². The molecule has 0 saturated heterocycles. The monoisotopic (exact) mass is 411 g/mol. The summed E-state index contributed by atoms with van der Waals surface area (Å²) in [5.41, 5.74) is 4.99. The van der Waals surface area contributed by atoms with Gasteiger partial charge in [-0.05, 0) is 30.7 Å². The number of benzene rings is 1. The number of aromatic nitrogens is 3. The van der Waals surface area contributed by atoms with Gasteiger partial charge in [0.2, 0.25) is 0 Å². The average Bonchev–Trinajstić information content (AvgIpc) is 2.86. The lowest BCUT2D eigenvalue weighted by atomic mass is 10.2. The summed E-state index contributed by atoms with van der Waals surface area (Å²) in [4.78, 5) is 4.05. The molecule has 9 heteroatoms. The van der Waals surface area contributed by atoms with Crippen LogP contribution in [0, 0.1) is 12.7 Å². The minimum atomic E-state index is -0.287. The predicted molar refractivity (Wildman–Crippen MR) is 103 cm³/mol. The van der Waals surface area contributed by atoms with Crippen LogP contribution in [0.25, 0.3) is 0 Å².